The highest BCUT2D eigenvalue weighted by Crippen LogP contribution is 2.20. The summed E-state index contributed by atoms with van der Waals surface area (Å²) in [6.45, 7) is 2.83. The van der Waals surface area contributed by atoms with Crippen molar-refractivity contribution in [3.8, 4) is 0 Å². The number of anilines is 1. The molecule has 0 aliphatic carbocycles. The van der Waals surface area contributed by atoms with Gasteiger partial charge in [-0.05, 0) is 31.3 Å². The molecule has 1 N–H and O–H groups in total. The molecular formula is C10H10N2OS. The molecule has 0 aliphatic rings. The fourth-order valence-corrected chi connectivity index (χ4v) is 1.50. The fourth-order valence-electron chi connectivity index (χ4n) is 1.32. The van der Waals surface area contributed by atoms with Crippen LogP contribution in [0.25, 0.3) is 11.0 Å². The Morgan fingerprint density at radius 3 is 3.00 bits per heavy atom. The van der Waals surface area contributed by atoms with Crippen molar-refractivity contribution in [2.45, 2.75) is 6.92 Å². The molecule has 0 radical (unpaired) electrons. The molecule has 2 rings (SSSR count). The fraction of sp³-hybridized carbons (Fsp3) is 0.200. The molecule has 1 heterocycles. The van der Waals surface area contributed by atoms with Crippen molar-refractivity contribution in [1.29, 1.82) is 0 Å². The zero-order chi connectivity index (χ0) is 9.97. The summed E-state index contributed by atoms with van der Waals surface area (Å²) in [5.41, 5.74) is 0.767. The maximum Gasteiger partial charge on any atom is 0.290 e. The number of nitrogens with zero attached hydrogens (tertiary/aromatic N) is 1. The maximum absolute atomic E-state index is 5.31. The summed E-state index contributed by atoms with van der Waals surface area (Å²) in [6.07, 6.45) is 0. The Balaban J connectivity index is 2.73. The van der Waals surface area contributed by atoms with E-state index in [4.69, 9.17) is 16.6 Å². The van der Waals surface area contributed by atoms with E-state index in [9.17, 15) is 0 Å². The minimum Gasteiger partial charge on any atom is -0.430 e. The second-order valence-electron chi connectivity index (χ2n) is 2.85. The Kier molecular flexibility index (Phi) is 2.45. The highest BCUT2D eigenvalue weighted by atomic mass is 32.1. The molecule has 0 fully saturated rings. The SMILES string of the molecule is CCNc1nc(=S)oc2ccccc12. The molecule has 0 unspecified atom stereocenters. The van der Waals surface area contributed by atoms with Crippen LogP contribution in [0.2, 0.25) is 0 Å². The van der Waals surface area contributed by atoms with E-state index < -0.39 is 0 Å². The van der Waals surface area contributed by atoms with Gasteiger partial charge in [0.05, 0.1) is 5.39 Å². The monoisotopic (exact) mass is 206 g/mol. The van der Waals surface area contributed by atoms with E-state index in [1.165, 1.54) is 0 Å². The van der Waals surface area contributed by atoms with Crippen LogP contribution in [0, 0.1) is 4.84 Å². The normalized spacial score (nSPS) is 10.4. The minimum absolute atomic E-state index is 0.264. The Hall–Kier alpha value is -1.42. The van der Waals surface area contributed by atoms with Gasteiger partial charge in [0.15, 0.2) is 0 Å². The molecule has 2 aromatic rings. The number of rotatable bonds is 2. The molecule has 72 valence electrons. The Morgan fingerprint density at radius 2 is 2.21 bits per heavy atom. The van der Waals surface area contributed by atoms with Crippen LogP contribution >= 0.6 is 12.2 Å². The average molecular weight is 206 g/mol. The summed E-state index contributed by atoms with van der Waals surface area (Å²) in [5.74, 6) is 0.791. The zero-order valence-electron chi connectivity index (χ0n) is 7.78. The van der Waals surface area contributed by atoms with Crippen LogP contribution in [0.1, 0.15) is 6.92 Å². The van der Waals surface area contributed by atoms with Gasteiger partial charge in [0.1, 0.15) is 11.4 Å². The Bertz CT molecular complexity index is 507. The molecule has 0 spiro atoms. The molecule has 0 bridgehead atoms. The number of hydrogen-bond donors (Lipinski definition) is 1. The number of nitrogens with one attached hydrogen (secondary N) is 1. The molecule has 0 amide bonds. The Labute approximate surface area is 86.8 Å². The molecule has 0 aliphatic heterocycles. The van der Waals surface area contributed by atoms with Crippen LogP contribution in [-0.4, -0.2) is 11.5 Å². The van der Waals surface area contributed by atoms with Gasteiger partial charge in [0, 0.05) is 6.54 Å². The summed E-state index contributed by atoms with van der Waals surface area (Å²) in [5, 5.41) is 4.11. The smallest absolute Gasteiger partial charge is 0.290 e. The lowest BCUT2D eigenvalue weighted by Crippen LogP contribution is -1.99. The van der Waals surface area contributed by atoms with Gasteiger partial charge in [-0.25, -0.2) is 0 Å². The lowest BCUT2D eigenvalue weighted by Gasteiger charge is -2.04. The second kappa shape index (κ2) is 3.75. The van der Waals surface area contributed by atoms with Crippen molar-refractivity contribution in [3.63, 3.8) is 0 Å². The van der Waals surface area contributed by atoms with Crippen LogP contribution in [0.15, 0.2) is 28.7 Å². The van der Waals surface area contributed by atoms with E-state index in [-0.39, 0.29) is 4.84 Å². The number of aromatic nitrogens is 1. The second-order valence-corrected chi connectivity index (χ2v) is 3.20. The van der Waals surface area contributed by atoms with E-state index in [1.807, 2.05) is 31.2 Å². The highest BCUT2D eigenvalue weighted by molar-refractivity contribution is 7.71. The van der Waals surface area contributed by atoms with E-state index in [0.717, 1.165) is 23.3 Å². The lowest BCUT2D eigenvalue weighted by molar-refractivity contribution is 0.561. The van der Waals surface area contributed by atoms with Gasteiger partial charge in [-0.15, -0.1) is 0 Å². The van der Waals surface area contributed by atoms with E-state index >= 15 is 0 Å². The average Bonchev–Trinajstić information content (AvgIpc) is 2.18. The van der Waals surface area contributed by atoms with Crippen molar-refractivity contribution < 1.29 is 4.42 Å². The van der Waals surface area contributed by atoms with Gasteiger partial charge >= 0.3 is 0 Å². The molecule has 1 aromatic carbocycles. The highest BCUT2D eigenvalue weighted by Gasteiger charge is 2.02. The first-order chi connectivity index (χ1) is 6.81. The van der Waals surface area contributed by atoms with Crippen LogP contribution in [-0.2, 0) is 0 Å². The predicted octanol–water partition coefficient (Wildman–Crippen LogP) is 2.99. The van der Waals surface area contributed by atoms with Gasteiger partial charge in [0.2, 0.25) is 0 Å². The summed E-state index contributed by atoms with van der Waals surface area (Å²) < 4.78 is 5.31. The number of fused-ring (bicyclic) bond motifs is 1. The van der Waals surface area contributed by atoms with Crippen LogP contribution in [0.4, 0.5) is 5.82 Å². The van der Waals surface area contributed by atoms with Crippen molar-refractivity contribution in [1.82, 2.24) is 4.98 Å². The van der Waals surface area contributed by atoms with Crippen molar-refractivity contribution in [3.05, 3.63) is 29.1 Å². The van der Waals surface area contributed by atoms with Crippen molar-refractivity contribution >= 4 is 29.0 Å². The third-order valence-electron chi connectivity index (χ3n) is 1.89. The van der Waals surface area contributed by atoms with Gasteiger partial charge < -0.3 is 9.73 Å². The first kappa shape index (κ1) is 9.15. The molecule has 1 aromatic heterocycles. The largest absolute Gasteiger partial charge is 0.430 e. The first-order valence-corrected chi connectivity index (χ1v) is 4.86. The number of benzene rings is 1. The zero-order valence-corrected chi connectivity index (χ0v) is 8.60. The molecule has 4 heteroatoms. The number of hydrogen-bond acceptors (Lipinski definition) is 4. The first-order valence-electron chi connectivity index (χ1n) is 4.45. The quantitative estimate of drug-likeness (QED) is 0.766. The Morgan fingerprint density at radius 1 is 1.43 bits per heavy atom. The summed E-state index contributed by atoms with van der Waals surface area (Å²) in [6, 6.07) is 7.70. The van der Waals surface area contributed by atoms with Crippen LogP contribution in [0.5, 0.6) is 0 Å². The maximum atomic E-state index is 5.31. The van der Waals surface area contributed by atoms with Gasteiger partial charge in [-0.3, -0.25) is 0 Å². The minimum atomic E-state index is 0.264. The molecule has 0 saturated heterocycles. The van der Waals surface area contributed by atoms with Gasteiger partial charge in [0.25, 0.3) is 4.84 Å². The van der Waals surface area contributed by atoms with E-state index in [1.54, 1.807) is 0 Å². The van der Waals surface area contributed by atoms with Crippen LogP contribution < -0.4 is 5.32 Å². The van der Waals surface area contributed by atoms with Gasteiger partial charge in [-0.2, -0.15) is 4.98 Å². The molecule has 14 heavy (non-hydrogen) atoms. The van der Waals surface area contributed by atoms with E-state index in [0.29, 0.717) is 0 Å². The molecule has 0 saturated carbocycles. The summed E-state index contributed by atoms with van der Waals surface area (Å²) in [4.78, 5) is 4.39. The van der Waals surface area contributed by atoms with Gasteiger partial charge in [-0.1, -0.05) is 12.1 Å². The molecule has 0 atom stereocenters. The molecule has 3 nitrogen and oxygen atoms in total. The standard InChI is InChI=1S/C10H10N2OS/c1-2-11-9-7-5-3-4-6-8(7)13-10(14)12-9/h3-6H,2H2,1H3,(H,11,12,14). The topological polar surface area (TPSA) is 38.1 Å². The summed E-state index contributed by atoms with van der Waals surface area (Å²) in [7, 11) is 0. The van der Waals surface area contributed by atoms with Crippen molar-refractivity contribution in [2.24, 2.45) is 0 Å². The van der Waals surface area contributed by atoms with Crippen LogP contribution in [0.3, 0.4) is 0 Å². The van der Waals surface area contributed by atoms with E-state index in [2.05, 4.69) is 10.3 Å². The molecular weight excluding hydrogens is 196 g/mol. The van der Waals surface area contributed by atoms with Crippen molar-refractivity contribution in [2.75, 3.05) is 11.9 Å². The summed E-state index contributed by atoms with van der Waals surface area (Å²) >= 11 is 4.92. The lowest BCUT2D eigenvalue weighted by atomic mass is 10.2. The third-order valence-corrected chi connectivity index (χ3v) is 2.06. The number of para-hydroxylation sites is 1. The third kappa shape index (κ3) is 1.61. The predicted molar refractivity (Wildman–Crippen MR) is 59.0 cm³/mol.